The van der Waals surface area contributed by atoms with Crippen LogP contribution in [0, 0.1) is 0 Å². The van der Waals surface area contributed by atoms with Crippen LogP contribution in [0.3, 0.4) is 0 Å². The Bertz CT molecular complexity index is 345. The lowest BCUT2D eigenvalue weighted by Gasteiger charge is -2.10. The van der Waals surface area contributed by atoms with E-state index in [2.05, 4.69) is 0 Å². The minimum atomic E-state index is -0.846. The van der Waals surface area contributed by atoms with Crippen molar-refractivity contribution in [3.05, 3.63) is 29.3 Å². The minimum Gasteiger partial charge on any atom is -0.478 e. The van der Waals surface area contributed by atoms with Gasteiger partial charge in [0, 0.05) is 4.90 Å². The van der Waals surface area contributed by atoms with Gasteiger partial charge in [-0.1, -0.05) is 13.8 Å². The zero-order chi connectivity index (χ0) is 10.7. The number of hydrogen-bond donors (Lipinski definition) is 1. The number of carboxylic acid groups (broad SMARTS) is 1. The molecule has 0 amide bonds. The van der Waals surface area contributed by atoms with Crippen LogP contribution in [0.4, 0.5) is 0 Å². The summed E-state index contributed by atoms with van der Waals surface area (Å²) in [6.07, 6.45) is 1.99. The number of carbonyl (C=O) groups is 1. The highest BCUT2D eigenvalue weighted by Crippen LogP contribution is 2.25. The largest absolute Gasteiger partial charge is 0.478 e. The average molecular weight is 210 g/mol. The van der Waals surface area contributed by atoms with Crippen molar-refractivity contribution in [3.8, 4) is 0 Å². The Labute approximate surface area is 88.3 Å². The number of aromatic carboxylic acids is 1. The van der Waals surface area contributed by atoms with Crippen LogP contribution in [-0.4, -0.2) is 17.3 Å². The van der Waals surface area contributed by atoms with Crippen molar-refractivity contribution in [1.82, 2.24) is 0 Å². The molecule has 0 fully saturated rings. The second-order valence-electron chi connectivity index (χ2n) is 3.41. The molecule has 0 aliphatic heterocycles. The molecule has 0 aromatic heterocycles. The van der Waals surface area contributed by atoms with Crippen molar-refractivity contribution in [2.45, 2.75) is 24.7 Å². The summed E-state index contributed by atoms with van der Waals surface area (Å²) in [5.74, 6) is -0.602. The standard InChI is InChI=1S/C11H14O2S/c1-7(2)10-6-8(14-3)4-5-9(10)11(12)13/h4-7H,1-3H3,(H,12,13). The molecule has 14 heavy (non-hydrogen) atoms. The fourth-order valence-corrected chi connectivity index (χ4v) is 1.79. The maximum absolute atomic E-state index is 10.9. The fraction of sp³-hybridized carbons (Fsp3) is 0.364. The van der Waals surface area contributed by atoms with Crippen molar-refractivity contribution in [1.29, 1.82) is 0 Å². The third-order valence-corrected chi connectivity index (χ3v) is 2.84. The van der Waals surface area contributed by atoms with E-state index in [1.165, 1.54) is 0 Å². The van der Waals surface area contributed by atoms with Gasteiger partial charge in [0.05, 0.1) is 5.56 Å². The predicted molar refractivity (Wildman–Crippen MR) is 59.3 cm³/mol. The highest BCUT2D eigenvalue weighted by Gasteiger charge is 2.12. The van der Waals surface area contributed by atoms with Gasteiger partial charge in [0.2, 0.25) is 0 Å². The molecule has 1 aromatic rings. The van der Waals surface area contributed by atoms with Crippen LogP contribution < -0.4 is 0 Å². The molecule has 0 bridgehead atoms. The van der Waals surface area contributed by atoms with E-state index in [4.69, 9.17) is 5.11 Å². The van der Waals surface area contributed by atoms with E-state index in [1.807, 2.05) is 32.2 Å². The molecule has 0 heterocycles. The van der Waals surface area contributed by atoms with Gasteiger partial charge in [-0.25, -0.2) is 4.79 Å². The summed E-state index contributed by atoms with van der Waals surface area (Å²) in [5, 5.41) is 8.97. The van der Waals surface area contributed by atoms with Crippen molar-refractivity contribution >= 4 is 17.7 Å². The lowest BCUT2D eigenvalue weighted by Crippen LogP contribution is -2.03. The minimum absolute atomic E-state index is 0.244. The second kappa shape index (κ2) is 4.51. The molecule has 1 N–H and O–H groups in total. The molecule has 0 unspecified atom stereocenters. The van der Waals surface area contributed by atoms with E-state index >= 15 is 0 Å². The maximum Gasteiger partial charge on any atom is 0.335 e. The Balaban J connectivity index is 3.24. The third-order valence-electron chi connectivity index (χ3n) is 2.11. The van der Waals surface area contributed by atoms with Gasteiger partial charge in [0.25, 0.3) is 0 Å². The molecule has 2 nitrogen and oxygen atoms in total. The monoisotopic (exact) mass is 210 g/mol. The third kappa shape index (κ3) is 2.29. The van der Waals surface area contributed by atoms with E-state index in [0.717, 1.165) is 10.5 Å². The highest BCUT2D eigenvalue weighted by atomic mass is 32.2. The number of benzene rings is 1. The number of rotatable bonds is 3. The van der Waals surface area contributed by atoms with Gasteiger partial charge < -0.3 is 5.11 Å². The Hall–Kier alpha value is -0.960. The molecular formula is C11H14O2S. The van der Waals surface area contributed by atoms with Gasteiger partial charge in [-0.2, -0.15) is 0 Å². The Morgan fingerprint density at radius 1 is 1.43 bits per heavy atom. The number of carboxylic acids is 1. The summed E-state index contributed by atoms with van der Waals surface area (Å²) < 4.78 is 0. The van der Waals surface area contributed by atoms with Crippen LogP contribution in [-0.2, 0) is 0 Å². The molecule has 3 heteroatoms. The van der Waals surface area contributed by atoms with Gasteiger partial charge in [-0.05, 0) is 35.9 Å². The smallest absolute Gasteiger partial charge is 0.335 e. The van der Waals surface area contributed by atoms with Crippen molar-refractivity contribution in [3.63, 3.8) is 0 Å². The molecule has 0 saturated carbocycles. The maximum atomic E-state index is 10.9. The summed E-state index contributed by atoms with van der Waals surface area (Å²) in [6, 6.07) is 5.49. The van der Waals surface area contributed by atoms with Gasteiger partial charge in [0.1, 0.15) is 0 Å². The van der Waals surface area contributed by atoms with Crippen molar-refractivity contribution in [2.75, 3.05) is 6.26 Å². The van der Waals surface area contributed by atoms with Gasteiger partial charge in [-0.3, -0.25) is 0 Å². The fourth-order valence-electron chi connectivity index (χ4n) is 1.34. The number of hydrogen-bond acceptors (Lipinski definition) is 2. The predicted octanol–water partition coefficient (Wildman–Crippen LogP) is 3.23. The van der Waals surface area contributed by atoms with Crippen LogP contribution in [0.5, 0.6) is 0 Å². The molecule has 0 saturated heterocycles. The van der Waals surface area contributed by atoms with E-state index in [1.54, 1.807) is 17.8 Å². The molecule has 76 valence electrons. The first-order valence-corrected chi connectivity index (χ1v) is 5.70. The van der Waals surface area contributed by atoms with Crippen LogP contribution in [0.25, 0.3) is 0 Å². The van der Waals surface area contributed by atoms with Crippen LogP contribution in [0.15, 0.2) is 23.1 Å². The lowest BCUT2D eigenvalue weighted by atomic mass is 9.97. The topological polar surface area (TPSA) is 37.3 Å². The molecule has 0 atom stereocenters. The Kier molecular flexibility index (Phi) is 3.58. The molecule has 0 aliphatic rings. The van der Waals surface area contributed by atoms with Gasteiger partial charge in [0.15, 0.2) is 0 Å². The summed E-state index contributed by atoms with van der Waals surface area (Å²) in [7, 11) is 0. The van der Waals surface area contributed by atoms with Gasteiger partial charge in [-0.15, -0.1) is 11.8 Å². The molecule has 1 rings (SSSR count). The van der Waals surface area contributed by atoms with Crippen LogP contribution in [0.1, 0.15) is 35.7 Å². The summed E-state index contributed by atoms with van der Waals surface area (Å²) in [5.41, 5.74) is 1.32. The first-order valence-electron chi connectivity index (χ1n) is 4.47. The zero-order valence-corrected chi connectivity index (χ0v) is 9.39. The van der Waals surface area contributed by atoms with E-state index in [0.29, 0.717) is 5.56 Å². The van der Waals surface area contributed by atoms with E-state index < -0.39 is 5.97 Å². The molecule has 0 radical (unpaired) electrons. The van der Waals surface area contributed by atoms with E-state index in [-0.39, 0.29) is 5.92 Å². The lowest BCUT2D eigenvalue weighted by molar-refractivity contribution is 0.0695. The molecule has 1 aromatic carbocycles. The Morgan fingerprint density at radius 2 is 2.07 bits per heavy atom. The summed E-state index contributed by atoms with van der Waals surface area (Å²) >= 11 is 1.63. The van der Waals surface area contributed by atoms with Crippen LogP contribution in [0.2, 0.25) is 0 Å². The number of thioether (sulfide) groups is 1. The van der Waals surface area contributed by atoms with Crippen LogP contribution >= 0.6 is 11.8 Å². The first-order chi connectivity index (χ1) is 6.56. The average Bonchev–Trinajstić information content (AvgIpc) is 2.16. The summed E-state index contributed by atoms with van der Waals surface area (Å²) in [6.45, 7) is 4.01. The Morgan fingerprint density at radius 3 is 2.50 bits per heavy atom. The van der Waals surface area contributed by atoms with Crippen molar-refractivity contribution < 1.29 is 9.90 Å². The van der Waals surface area contributed by atoms with Gasteiger partial charge >= 0.3 is 5.97 Å². The molecule has 0 aliphatic carbocycles. The summed E-state index contributed by atoms with van der Waals surface area (Å²) in [4.78, 5) is 12.0. The SMILES string of the molecule is CSc1ccc(C(=O)O)c(C(C)C)c1. The quantitative estimate of drug-likeness (QED) is 0.778. The highest BCUT2D eigenvalue weighted by molar-refractivity contribution is 7.98. The van der Waals surface area contributed by atoms with E-state index in [9.17, 15) is 4.79 Å². The molecular weight excluding hydrogens is 196 g/mol. The zero-order valence-electron chi connectivity index (χ0n) is 8.57. The second-order valence-corrected chi connectivity index (χ2v) is 4.29. The normalized spacial score (nSPS) is 10.6. The first kappa shape index (κ1) is 11.1. The molecule has 0 spiro atoms. The van der Waals surface area contributed by atoms with Crippen molar-refractivity contribution in [2.24, 2.45) is 0 Å².